The van der Waals surface area contributed by atoms with E-state index in [1.54, 1.807) is 0 Å². The molecule has 0 bridgehead atoms. The molecule has 5 heteroatoms. The first-order valence-electron chi connectivity index (χ1n) is 9.26. The van der Waals surface area contributed by atoms with Gasteiger partial charge in [0.1, 0.15) is 12.9 Å². The summed E-state index contributed by atoms with van der Waals surface area (Å²) in [7, 11) is 1.93. The molecule has 0 saturated heterocycles. The second-order valence-electron chi connectivity index (χ2n) is 7.12. The van der Waals surface area contributed by atoms with Gasteiger partial charge in [0, 0.05) is 12.1 Å². The summed E-state index contributed by atoms with van der Waals surface area (Å²) in [5.41, 5.74) is 4.95. The van der Waals surface area contributed by atoms with Crippen LogP contribution in [-0.4, -0.2) is 4.98 Å². The first-order chi connectivity index (χ1) is 14.0. The Hall–Kier alpha value is -3.60. The molecule has 3 heterocycles. The molecule has 0 atom stereocenters. The molecule has 3 nitrogen and oxygen atoms in total. The second-order valence-corrected chi connectivity index (χ2v) is 7.12. The Balaban J connectivity index is 1.85. The van der Waals surface area contributed by atoms with Gasteiger partial charge in [0.2, 0.25) is 17.4 Å². The van der Waals surface area contributed by atoms with E-state index in [0.717, 1.165) is 27.9 Å². The summed E-state index contributed by atoms with van der Waals surface area (Å²) in [6.07, 6.45) is 1.97. The summed E-state index contributed by atoms with van der Waals surface area (Å²) in [6.45, 7) is 1.84. The average molecular weight is 387 g/mol. The molecule has 0 radical (unpaired) electrons. The standard InChI is InChI=1S/C24H17F2N2O/c1-14-12-18(25)22-17-8-9-20(26)27-24(17)29-23(22)21(14)19-13-16(10-11-28(19)2)15-6-4-3-5-7-15/h3-13H,1-2H3/q+1. The van der Waals surface area contributed by atoms with Crippen molar-refractivity contribution >= 4 is 22.1 Å². The highest BCUT2D eigenvalue weighted by molar-refractivity contribution is 6.09. The molecule has 0 fully saturated rings. The van der Waals surface area contributed by atoms with E-state index < -0.39 is 11.8 Å². The van der Waals surface area contributed by atoms with Crippen LogP contribution in [-0.2, 0) is 7.05 Å². The Morgan fingerprint density at radius 3 is 2.52 bits per heavy atom. The van der Waals surface area contributed by atoms with Gasteiger partial charge in [-0.3, -0.25) is 0 Å². The third kappa shape index (κ3) is 2.78. The first kappa shape index (κ1) is 17.5. The van der Waals surface area contributed by atoms with Crippen molar-refractivity contribution in [2.45, 2.75) is 6.92 Å². The maximum atomic E-state index is 14.9. The van der Waals surface area contributed by atoms with Crippen molar-refractivity contribution in [2.24, 2.45) is 7.05 Å². The summed E-state index contributed by atoms with van der Waals surface area (Å²) in [5, 5.41) is 0.778. The minimum Gasteiger partial charge on any atom is -0.437 e. The van der Waals surface area contributed by atoms with E-state index >= 15 is 0 Å². The summed E-state index contributed by atoms with van der Waals surface area (Å²) >= 11 is 0. The molecule has 0 aliphatic rings. The van der Waals surface area contributed by atoms with Gasteiger partial charge in [0.25, 0.3) is 0 Å². The van der Waals surface area contributed by atoms with Gasteiger partial charge in [-0.05, 0) is 41.8 Å². The number of rotatable bonds is 2. The fourth-order valence-corrected chi connectivity index (χ4v) is 3.83. The Kier molecular flexibility index (Phi) is 3.91. The molecule has 0 aliphatic heterocycles. The van der Waals surface area contributed by atoms with Crippen LogP contribution in [0.5, 0.6) is 0 Å². The molecule has 5 aromatic rings. The quantitative estimate of drug-likeness (QED) is 0.286. The van der Waals surface area contributed by atoms with Crippen molar-refractivity contribution in [3.63, 3.8) is 0 Å². The average Bonchev–Trinajstić information content (AvgIpc) is 3.08. The van der Waals surface area contributed by atoms with E-state index in [2.05, 4.69) is 11.1 Å². The van der Waals surface area contributed by atoms with Crippen LogP contribution in [0.25, 0.3) is 44.5 Å². The van der Waals surface area contributed by atoms with Gasteiger partial charge < -0.3 is 4.42 Å². The predicted octanol–water partition coefficient (Wildman–Crippen LogP) is 5.73. The Morgan fingerprint density at radius 1 is 0.931 bits per heavy atom. The maximum Gasteiger partial charge on any atom is 0.230 e. The molecular formula is C24H17F2N2O+. The monoisotopic (exact) mass is 387 g/mol. The SMILES string of the molecule is Cc1cc(F)c2c(oc3nc(F)ccc32)c1-c1cc(-c2ccccc2)cc[n+]1C. The van der Waals surface area contributed by atoms with Gasteiger partial charge in [-0.1, -0.05) is 30.3 Å². The lowest BCUT2D eigenvalue weighted by atomic mass is 9.98. The predicted molar refractivity (Wildman–Crippen MR) is 108 cm³/mol. The zero-order chi connectivity index (χ0) is 20.1. The van der Waals surface area contributed by atoms with Crippen LogP contribution in [0, 0.1) is 18.7 Å². The zero-order valence-electron chi connectivity index (χ0n) is 15.9. The fourth-order valence-electron chi connectivity index (χ4n) is 3.83. The first-order valence-corrected chi connectivity index (χ1v) is 9.26. The third-order valence-electron chi connectivity index (χ3n) is 5.24. The van der Waals surface area contributed by atoms with Crippen molar-refractivity contribution in [1.29, 1.82) is 0 Å². The van der Waals surface area contributed by atoms with Gasteiger partial charge in [-0.2, -0.15) is 9.37 Å². The molecule has 0 spiro atoms. The van der Waals surface area contributed by atoms with Crippen molar-refractivity contribution in [1.82, 2.24) is 4.98 Å². The van der Waals surface area contributed by atoms with E-state index in [0.29, 0.717) is 16.4 Å². The molecule has 0 N–H and O–H groups in total. The smallest absolute Gasteiger partial charge is 0.230 e. The number of furan rings is 1. The van der Waals surface area contributed by atoms with E-state index in [9.17, 15) is 8.78 Å². The van der Waals surface area contributed by atoms with Crippen LogP contribution >= 0.6 is 0 Å². The number of hydrogen-bond acceptors (Lipinski definition) is 2. The Bertz CT molecular complexity index is 1390. The molecule has 0 saturated carbocycles. The molecule has 5 rings (SSSR count). The number of benzene rings is 2. The number of aryl methyl sites for hydroxylation is 2. The highest BCUT2D eigenvalue weighted by atomic mass is 19.1. The van der Waals surface area contributed by atoms with Gasteiger partial charge in [0.05, 0.1) is 16.3 Å². The molecule has 2 aromatic carbocycles. The summed E-state index contributed by atoms with van der Waals surface area (Å²) in [6, 6.07) is 18.3. The van der Waals surface area contributed by atoms with Gasteiger partial charge in [0.15, 0.2) is 11.8 Å². The van der Waals surface area contributed by atoms with Crippen molar-refractivity contribution in [2.75, 3.05) is 0 Å². The minimum atomic E-state index is -0.660. The molecular weight excluding hydrogens is 370 g/mol. The van der Waals surface area contributed by atoms with Crippen LogP contribution in [0.15, 0.2) is 71.3 Å². The van der Waals surface area contributed by atoms with E-state index in [-0.39, 0.29) is 5.71 Å². The normalized spacial score (nSPS) is 11.4. The van der Waals surface area contributed by atoms with Gasteiger partial charge in [-0.25, -0.2) is 8.96 Å². The highest BCUT2D eigenvalue weighted by Crippen LogP contribution is 2.38. The van der Waals surface area contributed by atoms with E-state index in [4.69, 9.17) is 4.42 Å². The zero-order valence-corrected chi connectivity index (χ0v) is 15.9. The topological polar surface area (TPSA) is 29.9 Å². The second kappa shape index (κ2) is 6.48. The molecule has 29 heavy (non-hydrogen) atoms. The molecule has 3 aromatic heterocycles. The lowest BCUT2D eigenvalue weighted by Gasteiger charge is -2.08. The summed E-state index contributed by atoms with van der Waals surface area (Å²) in [4.78, 5) is 3.80. The van der Waals surface area contributed by atoms with E-state index in [1.807, 2.05) is 61.1 Å². The maximum absolute atomic E-state index is 14.9. The summed E-state index contributed by atoms with van der Waals surface area (Å²) < 4.78 is 36.3. The Labute approximate surface area is 165 Å². The third-order valence-corrected chi connectivity index (χ3v) is 5.24. The van der Waals surface area contributed by atoms with Crippen molar-refractivity contribution < 1.29 is 17.8 Å². The number of halogens is 2. The summed E-state index contributed by atoms with van der Waals surface area (Å²) in [5.74, 6) is -1.07. The number of fused-ring (bicyclic) bond motifs is 3. The van der Waals surface area contributed by atoms with Gasteiger partial charge >= 0.3 is 0 Å². The van der Waals surface area contributed by atoms with Crippen LogP contribution in [0.2, 0.25) is 0 Å². The number of pyridine rings is 2. The highest BCUT2D eigenvalue weighted by Gasteiger charge is 2.24. The van der Waals surface area contributed by atoms with E-state index in [1.165, 1.54) is 18.2 Å². The number of hydrogen-bond donors (Lipinski definition) is 0. The number of aromatic nitrogens is 2. The van der Waals surface area contributed by atoms with Crippen LogP contribution in [0.3, 0.4) is 0 Å². The lowest BCUT2D eigenvalue weighted by molar-refractivity contribution is -0.660. The van der Waals surface area contributed by atoms with Crippen molar-refractivity contribution in [3.8, 4) is 22.4 Å². The van der Waals surface area contributed by atoms with Crippen LogP contribution in [0.4, 0.5) is 8.78 Å². The lowest BCUT2D eigenvalue weighted by Crippen LogP contribution is -2.30. The molecule has 142 valence electrons. The van der Waals surface area contributed by atoms with Crippen LogP contribution < -0.4 is 4.57 Å². The molecule has 0 unspecified atom stereocenters. The Morgan fingerprint density at radius 2 is 1.72 bits per heavy atom. The fraction of sp³-hybridized carbons (Fsp3) is 0.0833. The largest absolute Gasteiger partial charge is 0.437 e. The minimum absolute atomic E-state index is 0.0904. The van der Waals surface area contributed by atoms with Crippen molar-refractivity contribution in [3.05, 3.63) is 84.2 Å². The number of nitrogens with zero attached hydrogens (tertiary/aromatic N) is 2. The van der Waals surface area contributed by atoms with Crippen LogP contribution in [0.1, 0.15) is 5.56 Å². The molecule has 0 aliphatic carbocycles. The van der Waals surface area contributed by atoms with Gasteiger partial charge in [-0.15, -0.1) is 0 Å². The molecule has 0 amide bonds.